The minimum Gasteiger partial charge on any atom is -0.325 e. The van der Waals surface area contributed by atoms with Gasteiger partial charge >= 0.3 is 5.69 Å². The summed E-state index contributed by atoms with van der Waals surface area (Å²) in [6.45, 7) is 3.97. The maximum absolute atomic E-state index is 13.6. The smallest absolute Gasteiger partial charge is 0.306 e. The number of halogens is 1. The quantitative estimate of drug-likeness (QED) is 0.143. The maximum Gasteiger partial charge on any atom is 0.306 e. The van der Waals surface area contributed by atoms with Crippen molar-refractivity contribution in [2.24, 2.45) is 0 Å². The molecule has 3 N–H and O–H groups in total. The number of anilines is 5. The van der Waals surface area contributed by atoms with Crippen LogP contribution in [0.15, 0.2) is 71.9 Å². The fraction of sp³-hybridized carbons (Fsp3) is 0.120. The van der Waals surface area contributed by atoms with Gasteiger partial charge in [0.15, 0.2) is 5.16 Å². The van der Waals surface area contributed by atoms with E-state index in [4.69, 9.17) is 0 Å². The molecule has 0 atom stereocenters. The van der Waals surface area contributed by atoms with Crippen molar-refractivity contribution in [1.29, 1.82) is 0 Å². The van der Waals surface area contributed by atoms with E-state index in [1.807, 2.05) is 62.4 Å². The highest BCUT2D eigenvalue weighted by Gasteiger charge is 2.16. The Balaban J connectivity index is 1.50. The predicted octanol–water partition coefficient (Wildman–Crippen LogP) is 5.75. The van der Waals surface area contributed by atoms with Crippen LogP contribution in [-0.4, -0.2) is 31.5 Å². The molecular weight excluding hydrogens is 497 g/mol. The lowest BCUT2D eigenvalue weighted by Gasteiger charge is -2.11. The Morgan fingerprint density at radius 3 is 1.89 bits per heavy atom. The second-order valence-electron chi connectivity index (χ2n) is 8.01. The van der Waals surface area contributed by atoms with Crippen molar-refractivity contribution < 1.29 is 14.1 Å². The number of nitrogens with one attached hydrogen (secondary N) is 3. The van der Waals surface area contributed by atoms with E-state index in [0.717, 1.165) is 46.4 Å². The summed E-state index contributed by atoms with van der Waals surface area (Å²) in [7, 11) is 0. The highest BCUT2D eigenvalue weighted by atomic mass is 32.2. The Kier molecular flexibility index (Phi) is 7.89. The molecule has 0 fully saturated rings. The fourth-order valence-electron chi connectivity index (χ4n) is 3.12. The molecule has 0 saturated carbocycles. The molecule has 37 heavy (non-hydrogen) atoms. The van der Waals surface area contributed by atoms with Crippen LogP contribution in [0, 0.1) is 29.8 Å². The number of aryl methyl sites for hydroxylation is 2. The number of hydrogen-bond acceptors (Lipinski definition) is 9. The van der Waals surface area contributed by atoms with E-state index < -0.39 is 22.3 Å². The van der Waals surface area contributed by atoms with Gasteiger partial charge in [-0.3, -0.25) is 14.9 Å². The number of carbonyl (C=O) groups is 1. The summed E-state index contributed by atoms with van der Waals surface area (Å²) in [5.74, 6) is -0.975. The Morgan fingerprint density at radius 1 is 0.865 bits per heavy atom. The molecule has 0 bridgehead atoms. The van der Waals surface area contributed by atoms with E-state index in [2.05, 4.69) is 30.9 Å². The van der Waals surface area contributed by atoms with Crippen LogP contribution in [0.5, 0.6) is 0 Å². The van der Waals surface area contributed by atoms with Crippen LogP contribution in [0.3, 0.4) is 0 Å². The molecule has 0 aliphatic rings. The van der Waals surface area contributed by atoms with Gasteiger partial charge in [-0.1, -0.05) is 47.2 Å². The lowest BCUT2D eigenvalue weighted by atomic mass is 10.2. The van der Waals surface area contributed by atoms with E-state index in [-0.39, 0.29) is 28.5 Å². The van der Waals surface area contributed by atoms with Gasteiger partial charge in [0.1, 0.15) is 0 Å². The van der Waals surface area contributed by atoms with Gasteiger partial charge in [-0.05, 0) is 50.2 Å². The van der Waals surface area contributed by atoms with Gasteiger partial charge in [-0.15, -0.1) is 0 Å². The van der Waals surface area contributed by atoms with Crippen molar-refractivity contribution in [1.82, 2.24) is 15.0 Å². The number of hydrogen-bond donors (Lipinski definition) is 3. The van der Waals surface area contributed by atoms with Gasteiger partial charge in [0, 0.05) is 23.1 Å². The molecule has 188 valence electrons. The van der Waals surface area contributed by atoms with E-state index in [1.165, 1.54) is 6.07 Å². The molecule has 1 heterocycles. The van der Waals surface area contributed by atoms with Crippen LogP contribution in [0.1, 0.15) is 11.1 Å². The normalized spacial score (nSPS) is 10.6. The fourth-order valence-corrected chi connectivity index (χ4v) is 3.76. The first-order valence-electron chi connectivity index (χ1n) is 11.1. The second kappa shape index (κ2) is 11.4. The van der Waals surface area contributed by atoms with Gasteiger partial charge in [0.05, 0.1) is 10.7 Å². The average Bonchev–Trinajstić information content (AvgIpc) is 2.86. The van der Waals surface area contributed by atoms with Crippen LogP contribution in [-0.2, 0) is 4.79 Å². The van der Waals surface area contributed by atoms with E-state index in [0.29, 0.717) is 0 Å². The van der Waals surface area contributed by atoms with E-state index in [1.54, 1.807) is 0 Å². The summed E-state index contributed by atoms with van der Waals surface area (Å²) >= 11 is 1.05. The van der Waals surface area contributed by atoms with Gasteiger partial charge < -0.3 is 16.0 Å². The van der Waals surface area contributed by atoms with Crippen molar-refractivity contribution in [2.75, 3.05) is 21.7 Å². The highest BCUT2D eigenvalue weighted by molar-refractivity contribution is 7.99. The third-order valence-electron chi connectivity index (χ3n) is 4.99. The first kappa shape index (κ1) is 25.5. The van der Waals surface area contributed by atoms with Crippen molar-refractivity contribution in [3.63, 3.8) is 0 Å². The molecule has 3 aromatic carbocycles. The number of nitrogens with zero attached hydrogens (tertiary/aromatic N) is 4. The van der Waals surface area contributed by atoms with Gasteiger partial charge in [-0.25, -0.2) is 0 Å². The molecule has 0 aliphatic carbocycles. The molecule has 1 aromatic heterocycles. The average molecular weight is 520 g/mol. The number of aromatic nitrogens is 3. The molecule has 4 aromatic rings. The monoisotopic (exact) mass is 519 g/mol. The molecule has 0 saturated heterocycles. The van der Waals surface area contributed by atoms with Gasteiger partial charge in [-0.2, -0.15) is 19.3 Å². The summed E-state index contributed by atoms with van der Waals surface area (Å²) < 4.78 is 13.6. The molecule has 0 spiro atoms. The number of rotatable bonds is 9. The molecule has 0 aliphatic heterocycles. The number of amides is 1. The molecule has 10 nitrogen and oxygen atoms in total. The first-order chi connectivity index (χ1) is 17.7. The van der Waals surface area contributed by atoms with Crippen LogP contribution in [0.25, 0.3) is 0 Å². The first-order valence-corrected chi connectivity index (χ1v) is 12.0. The molecule has 0 unspecified atom stereocenters. The molecule has 1 amide bonds. The van der Waals surface area contributed by atoms with E-state index >= 15 is 0 Å². The predicted molar refractivity (Wildman–Crippen MR) is 141 cm³/mol. The van der Waals surface area contributed by atoms with Crippen LogP contribution in [0.2, 0.25) is 0 Å². The molecular formula is C25H22FN7O3S. The van der Waals surface area contributed by atoms with Crippen molar-refractivity contribution in [3.8, 4) is 0 Å². The van der Waals surface area contributed by atoms with Crippen molar-refractivity contribution >= 4 is 52.3 Å². The minimum absolute atomic E-state index is 0.0941. The van der Waals surface area contributed by atoms with Crippen LogP contribution < -0.4 is 16.0 Å². The zero-order valence-electron chi connectivity index (χ0n) is 19.9. The number of nitro benzene ring substituents is 1. The lowest BCUT2D eigenvalue weighted by Crippen LogP contribution is -2.15. The van der Waals surface area contributed by atoms with Crippen LogP contribution >= 0.6 is 11.8 Å². The van der Waals surface area contributed by atoms with Crippen molar-refractivity contribution in [3.05, 3.63) is 93.8 Å². The zero-order valence-corrected chi connectivity index (χ0v) is 20.7. The molecule has 4 rings (SSSR count). The summed E-state index contributed by atoms with van der Waals surface area (Å²) in [5, 5.41) is 20.0. The Morgan fingerprint density at radius 2 is 1.38 bits per heavy atom. The topological polar surface area (TPSA) is 135 Å². The number of thioether (sulfide) groups is 1. The largest absolute Gasteiger partial charge is 0.325 e. The number of benzene rings is 3. The van der Waals surface area contributed by atoms with Gasteiger partial charge in [0.2, 0.25) is 23.6 Å². The molecule has 0 radical (unpaired) electrons. The number of nitro groups is 1. The summed E-state index contributed by atoms with van der Waals surface area (Å²) in [6.07, 6.45) is 0. The summed E-state index contributed by atoms with van der Waals surface area (Å²) in [5.41, 5.74) is 3.17. The third-order valence-corrected chi connectivity index (χ3v) is 5.84. The standard InChI is InChI=1S/C25H22FN7O3S/c1-15-3-7-17(8-4-15)28-23-30-24(29-18-9-5-16(2)6-10-18)32-25(31-23)37-14-22(34)27-19-11-12-20(26)21(13-19)33(35)36/h3-13H,14H2,1-2H3,(H,27,34)(H2,28,29,30,31,32). The van der Waals surface area contributed by atoms with Crippen molar-refractivity contribution in [2.45, 2.75) is 19.0 Å². The number of carbonyl (C=O) groups excluding carboxylic acids is 1. The second-order valence-corrected chi connectivity index (χ2v) is 8.95. The highest BCUT2D eigenvalue weighted by Crippen LogP contribution is 2.24. The SMILES string of the molecule is Cc1ccc(Nc2nc(Nc3ccc(C)cc3)nc(SCC(=O)Nc3ccc(F)c([N+](=O)[O-])c3)n2)cc1. The minimum atomic E-state index is -0.982. The van der Waals surface area contributed by atoms with E-state index in [9.17, 15) is 19.3 Å². The summed E-state index contributed by atoms with van der Waals surface area (Å²) in [6, 6.07) is 18.5. The lowest BCUT2D eigenvalue weighted by molar-refractivity contribution is -0.387. The maximum atomic E-state index is 13.6. The Bertz CT molecular complexity index is 1370. The summed E-state index contributed by atoms with van der Waals surface area (Å²) in [4.78, 5) is 35.8. The van der Waals surface area contributed by atoms with Gasteiger partial charge in [0.25, 0.3) is 0 Å². The molecule has 12 heteroatoms. The van der Waals surface area contributed by atoms with Crippen LogP contribution in [0.4, 0.5) is 39.0 Å². The Hall–Kier alpha value is -4.58. The third kappa shape index (κ3) is 7.21. The zero-order chi connectivity index (χ0) is 26.4. The Labute approximate surface area is 215 Å².